The lowest BCUT2D eigenvalue weighted by atomic mass is 10.0. The van der Waals surface area contributed by atoms with E-state index in [2.05, 4.69) is 28.2 Å². The molecule has 0 bridgehead atoms. The van der Waals surface area contributed by atoms with Crippen LogP contribution in [0.25, 0.3) is 0 Å². The number of hydrogen-bond donors (Lipinski definition) is 2. The largest absolute Gasteiger partial charge is 0.394 e. The number of hydrogen-bond acceptors (Lipinski definition) is 4. The summed E-state index contributed by atoms with van der Waals surface area (Å²) >= 11 is 0. The number of piperidine rings is 1. The van der Waals surface area contributed by atoms with Gasteiger partial charge in [-0.2, -0.15) is 0 Å². The Labute approximate surface area is 121 Å². The lowest BCUT2D eigenvalue weighted by Gasteiger charge is -2.36. The summed E-state index contributed by atoms with van der Waals surface area (Å²) in [5, 5.41) is 13.1. The van der Waals surface area contributed by atoms with Crippen molar-refractivity contribution >= 4 is 5.82 Å². The summed E-state index contributed by atoms with van der Waals surface area (Å²) in [7, 11) is 0. The Morgan fingerprint density at radius 2 is 2.20 bits per heavy atom. The molecule has 1 aliphatic carbocycles. The van der Waals surface area contributed by atoms with Crippen LogP contribution >= 0.6 is 0 Å². The van der Waals surface area contributed by atoms with Gasteiger partial charge in [-0.15, -0.1) is 0 Å². The zero-order valence-corrected chi connectivity index (χ0v) is 12.3. The molecule has 110 valence electrons. The van der Waals surface area contributed by atoms with Crippen LogP contribution in [-0.2, 0) is 6.54 Å². The molecule has 0 spiro atoms. The summed E-state index contributed by atoms with van der Waals surface area (Å²) in [6.45, 7) is 4.29. The molecule has 3 rings (SSSR count). The van der Waals surface area contributed by atoms with E-state index in [1.54, 1.807) is 0 Å². The minimum Gasteiger partial charge on any atom is -0.394 e. The Bertz CT molecular complexity index is 459. The van der Waals surface area contributed by atoms with Crippen LogP contribution in [0.2, 0.25) is 0 Å². The molecule has 2 heterocycles. The van der Waals surface area contributed by atoms with E-state index in [0.29, 0.717) is 0 Å². The molecule has 1 aliphatic heterocycles. The van der Waals surface area contributed by atoms with Crippen LogP contribution in [0, 0.1) is 6.92 Å². The van der Waals surface area contributed by atoms with Gasteiger partial charge in [0.05, 0.1) is 12.6 Å². The first-order chi connectivity index (χ1) is 9.78. The van der Waals surface area contributed by atoms with Crippen molar-refractivity contribution in [3.63, 3.8) is 0 Å². The van der Waals surface area contributed by atoms with Crippen LogP contribution in [0.1, 0.15) is 43.2 Å². The SMILES string of the molecule is Cc1cc(CNC2CC2)cnc1N1CCCCC1CO. The van der Waals surface area contributed by atoms with E-state index < -0.39 is 0 Å². The topological polar surface area (TPSA) is 48.4 Å². The minimum atomic E-state index is 0.228. The van der Waals surface area contributed by atoms with Gasteiger partial charge in [0.15, 0.2) is 0 Å². The molecule has 20 heavy (non-hydrogen) atoms. The second kappa shape index (κ2) is 6.10. The van der Waals surface area contributed by atoms with E-state index in [0.717, 1.165) is 31.4 Å². The summed E-state index contributed by atoms with van der Waals surface area (Å²) in [5.41, 5.74) is 2.48. The number of pyridine rings is 1. The summed E-state index contributed by atoms with van der Waals surface area (Å²) in [6, 6.07) is 3.21. The third kappa shape index (κ3) is 3.13. The normalized spacial score (nSPS) is 23.1. The van der Waals surface area contributed by atoms with Crippen molar-refractivity contribution in [3.05, 3.63) is 23.4 Å². The lowest BCUT2D eigenvalue weighted by Crippen LogP contribution is -2.42. The Morgan fingerprint density at radius 1 is 1.35 bits per heavy atom. The number of rotatable bonds is 5. The van der Waals surface area contributed by atoms with Gasteiger partial charge in [0, 0.05) is 25.3 Å². The number of aryl methyl sites for hydroxylation is 1. The van der Waals surface area contributed by atoms with Gasteiger partial charge in [-0.25, -0.2) is 4.98 Å². The van der Waals surface area contributed by atoms with Crippen molar-refractivity contribution in [2.75, 3.05) is 18.1 Å². The van der Waals surface area contributed by atoms with Crippen LogP contribution in [-0.4, -0.2) is 35.3 Å². The predicted octanol–water partition coefficient (Wildman–Crippen LogP) is 1.99. The van der Waals surface area contributed by atoms with Crippen LogP contribution in [0.15, 0.2) is 12.3 Å². The molecule has 1 aromatic heterocycles. The van der Waals surface area contributed by atoms with Gasteiger partial charge in [-0.3, -0.25) is 0 Å². The standard InChI is InChI=1S/C16H25N3O/c1-12-8-13(9-17-14-5-6-14)10-18-16(12)19-7-3-2-4-15(19)11-20/h8,10,14-15,17,20H,2-7,9,11H2,1H3. The van der Waals surface area contributed by atoms with Crippen LogP contribution in [0.4, 0.5) is 5.82 Å². The molecule has 1 saturated carbocycles. The number of aliphatic hydroxyl groups is 1. The van der Waals surface area contributed by atoms with E-state index in [1.165, 1.54) is 36.8 Å². The summed E-state index contributed by atoms with van der Waals surface area (Å²) in [6.07, 6.45) is 8.10. The van der Waals surface area contributed by atoms with Gasteiger partial charge >= 0.3 is 0 Å². The third-order valence-electron chi connectivity index (χ3n) is 4.39. The number of aromatic nitrogens is 1. The molecule has 0 amide bonds. The van der Waals surface area contributed by atoms with Crippen molar-refractivity contribution in [2.24, 2.45) is 0 Å². The maximum absolute atomic E-state index is 9.54. The van der Waals surface area contributed by atoms with Crippen molar-refractivity contribution in [2.45, 2.75) is 57.7 Å². The average molecular weight is 275 g/mol. The molecule has 1 atom stereocenters. The zero-order valence-electron chi connectivity index (χ0n) is 12.3. The van der Waals surface area contributed by atoms with Crippen molar-refractivity contribution in [3.8, 4) is 0 Å². The zero-order chi connectivity index (χ0) is 13.9. The highest BCUT2D eigenvalue weighted by atomic mass is 16.3. The molecule has 2 aliphatic rings. The van der Waals surface area contributed by atoms with E-state index in [4.69, 9.17) is 0 Å². The summed E-state index contributed by atoms with van der Waals surface area (Å²) < 4.78 is 0. The Morgan fingerprint density at radius 3 is 2.90 bits per heavy atom. The second-order valence-electron chi connectivity index (χ2n) is 6.16. The fourth-order valence-corrected chi connectivity index (χ4v) is 3.04. The Balaban J connectivity index is 1.71. The van der Waals surface area contributed by atoms with Crippen LogP contribution in [0.5, 0.6) is 0 Å². The average Bonchev–Trinajstić information content (AvgIpc) is 3.29. The Hall–Kier alpha value is -1.13. The quantitative estimate of drug-likeness (QED) is 0.863. The summed E-state index contributed by atoms with van der Waals surface area (Å²) in [4.78, 5) is 6.96. The summed E-state index contributed by atoms with van der Waals surface area (Å²) in [5.74, 6) is 1.05. The van der Waals surface area contributed by atoms with Crippen molar-refractivity contribution in [1.82, 2.24) is 10.3 Å². The maximum atomic E-state index is 9.54. The van der Waals surface area contributed by atoms with Gasteiger partial charge in [-0.1, -0.05) is 0 Å². The molecule has 4 heteroatoms. The van der Waals surface area contributed by atoms with Gasteiger partial charge in [0.25, 0.3) is 0 Å². The molecule has 1 saturated heterocycles. The van der Waals surface area contributed by atoms with E-state index in [-0.39, 0.29) is 12.6 Å². The molecule has 1 unspecified atom stereocenters. The first kappa shape index (κ1) is 13.8. The van der Waals surface area contributed by atoms with Gasteiger partial charge in [-0.05, 0) is 56.2 Å². The molecular formula is C16H25N3O. The molecule has 2 N–H and O–H groups in total. The molecule has 0 aromatic carbocycles. The first-order valence-electron chi connectivity index (χ1n) is 7.84. The smallest absolute Gasteiger partial charge is 0.131 e. The molecule has 0 radical (unpaired) electrons. The van der Waals surface area contributed by atoms with Crippen LogP contribution in [0.3, 0.4) is 0 Å². The van der Waals surface area contributed by atoms with Crippen LogP contribution < -0.4 is 10.2 Å². The number of anilines is 1. The number of nitrogens with zero attached hydrogens (tertiary/aromatic N) is 2. The van der Waals surface area contributed by atoms with Crippen molar-refractivity contribution in [1.29, 1.82) is 0 Å². The third-order valence-corrected chi connectivity index (χ3v) is 4.39. The van der Waals surface area contributed by atoms with Gasteiger partial charge in [0.1, 0.15) is 5.82 Å². The minimum absolute atomic E-state index is 0.228. The molecule has 1 aromatic rings. The molecule has 4 nitrogen and oxygen atoms in total. The fraction of sp³-hybridized carbons (Fsp3) is 0.688. The number of nitrogens with one attached hydrogen (secondary N) is 1. The monoisotopic (exact) mass is 275 g/mol. The fourth-order valence-electron chi connectivity index (χ4n) is 3.04. The maximum Gasteiger partial charge on any atom is 0.131 e. The first-order valence-corrected chi connectivity index (χ1v) is 7.84. The van der Waals surface area contributed by atoms with Gasteiger partial charge in [0.2, 0.25) is 0 Å². The lowest BCUT2D eigenvalue weighted by molar-refractivity contribution is 0.239. The number of aliphatic hydroxyl groups excluding tert-OH is 1. The molecule has 2 fully saturated rings. The van der Waals surface area contributed by atoms with Gasteiger partial charge < -0.3 is 15.3 Å². The second-order valence-corrected chi connectivity index (χ2v) is 6.16. The predicted molar refractivity (Wildman–Crippen MR) is 80.9 cm³/mol. The van der Waals surface area contributed by atoms with E-state index >= 15 is 0 Å². The Kier molecular flexibility index (Phi) is 4.22. The molecular weight excluding hydrogens is 250 g/mol. The highest BCUT2D eigenvalue weighted by molar-refractivity contribution is 5.48. The van der Waals surface area contributed by atoms with E-state index in [9.17, 15) is 5.11 Å². The highest BCUT2D eigenvalue weighted by Gasteiger charge is 2.24. The van der Waals surface area contributed by atoms with E-state index in [1.807, 2.05) is 6.20 Å². The van der Waals surface area contributed by atoms with Crippen molar-refractivity contribution < 1.29 is 5.11 Å². The highest BCUT2D eigenvalue weighted by Crippen LogP contribution is 2.26.